The third-order valence-electron chi connectivity index (χ3n) is 6.05. The molecule has 3 aliphatic rings. The normalized spacial score (nSPS) is 20.1. The van der Waals surface area contributed by atoms with Crippen molar-refractivity contribution in [1.82, 2.24) is 9.80 Å². The van der Waals surface area contributed by atoms with Gasteiger partial charge in [-0.15, -0.1) is 11.8 Å². The van der Waals surface area contributed by atoms with E-state index in [0.717, 1.165) is 47.5 Å². The van der Waals surface area contributed by atoms with Gasteiger partial charge in [0.05, 0.1) is 16.5 Å². The van der Waals surface area contributed by atoms with Crippen molar-refractivity contribution in [3.05, 3.63) is 47.5 Å². The van der Waals surface area contributed by atoms with Gasteiger partial charge < -0.3 is 19.7 Å². The van der Waals surface area contributed by atoms with Crippen molar-refractivity contribution in [3.63, 3.8) is 0 Å². The van der Waals surface area contributed by atoms with Crippen molar-refractivity contribution < 1.29 is 32.2 Å². The average molecular weight is 494 g/mol. The molecule has 1 unspecified atom stereocenters. The molecule has 0 saturated carbocycles. The number of hydrogen-bond acceptors (Lipinski definition) is 6. The van der Waals surface area contributed by atoms with Crippen LogP contribution in [0.5, 0.6) is 11.5 Å². The molecule has 180 valence electrons. The van der Waals surface area contributed by atoms with E-state index in [1.807, 2.05) is 18.2 Å². The SMILES string of the molecule is O=C1Nc2cc(C(F)(F)F)ccc2SC1CC(=O)N1CCN(Cc2ccc3c(c2)OCO3)CC1. The van der Waals surface area contributed by atoms with Crippen molar-refractivity contribution in [1.29, 1.82) is 0 Å². The summed E-state index contributed by atoms with van der Waals surface area (Å²) in [6, 6.07) is 9.12. The quantitative estimate of drug-likeness (QED) is 0.702. The maximum Gasteiger partial charge on any atom is 0.416 e. The van der Waals surface area contributed by atoms with Crippen LogP contribution in [0.1, 0.15) is 17.5 Å². The minimum atomic E-state index is -4.48. The number of thioether (sulfide) groups is 1. The first-order valence-corrected chi connectivity index (χ1v) is 11.7. The van der Waals surface area contributed by atoms with Gasteiger partial charge in [0.2, 0.25) is 18.6 Å². The molecule has 2 aromatic carbocycles. The van der Waals surface area contributed by atoms with E-state index >= 15 is 0 Å². The lowest BCUT2D eigenvalue weighted by Gasteiger charge is -2.35. The molecule has 3 heterocycles. The van der Waals surface area contributed by atoms with Gasteiger partial charge in [0, 0.05) is 44.0 Å². The van der Waals surface area contributed by atoms with Crippen LogP contribution < -0.4 is 14.8 Å². The third kappa shape index (κ3) is 4.80. The number of anilines is 1. The van der Waals surface area contributed by atoms with Crippen LogP contribution in [-0.2, 0) is 22.3 Å². The molecule has 1 atom stereocenters. The highest BCUT2D eigenvalue weighted by atomic mass is 32.2. The topological polar surface area (TPSA) is 71.1 Å². The van der Waals surface area contributed by atoms with Crippen molar-refractivity contribution in [2.24, 2.45) is 0 Å². The monoisotopic (exact) mass is 493 g/mol. The Bertz CT molecular complexity index is 1120. The highest BCUT2D eigenvalue weighted by Gasteiger charge is 2.35. The second-order valence-electron chi connectivity index (χ2n) is 8.35. The Hall–Kier alpha value is -2.92. The average Bonchev–Trinajstić information content (AvgIpc) is 3.27. The number of carbonyl (C=O) groups is 2. The van der Waals surface area contributed by atoms with Gasteiger partial charge in [-0.2, -0.15) is 13.2 Å². The Morgan fingerprint density at radius 2 is 1.82 bits per heavy atom. The molecule has 0 bridgehead atoms. The Morgan fingerprint density at radius 3 is 2.59 bits per heavy atom. The van der Waals surface area contributed by atoms with E-state index in [-0.39, 0.29) is 24.8 Å². The van der Waals surface area contributed by atoms with Crippen molar-refractivity contribution in [3.8, 4) is 11.5 Å². The van der Waals surface area contributed by atoms with Gasteiger partial charge in [0.15, 0.2) is 11.5 Å². The molecular weight excluding hydrogens is 471 g/mol. The summed E-state index contributed by atoms with van der Waals surface area (Å²) in [4.78, 5) is 29.8. The van der Waals surface area contributed by atoms with Gasteiger partial charge in [-0.25, -0.2) is 0 Å². The zero-order valence-corrected chi connectivity index (χ0v) is 18.9. The van der Waals surface area contributed by atoms with Gasteiger partial charge in [-0.05, 0) is 35.9 Å². The molecule has 1 saturated heterocycles. The van der Waals surface area contributed by atoms with Crippen molar-refractivity contribution >= 4 is 29.3 Å². The number of fused-ring (bicyclic) bond motifs is 2. The number of carbonyl (C=O) groups excluding carboxylic acids is 2. The standard InChI is InChI=1S/C23H22F3N3O4S/c24-23(25,26)15-2-4-19-16(10-15)27-22(31)20(34-19)11-21(30)29-7-5-28(6-8-29)12-14-1-3-17-18(9-14)33-13-32-17/h1-4,9-10,20H,5-8,11-13H2,(H,27,31). The maximum absolute atomic E-state index is 12.9. The number of piperazine rings is 1. The first-order chi connectivity index (χ1) is 16.3. The number of nitrogens with one attached hydrogen (secondary N) is 1. The lowest BCUT2D eigenvalue weighted by Crippen LogP contribution is -2.49. The molecule has 0 aromatic heterocycles. The smallest absolute Gasteiger partial charge is 0.416 e. The fourth-order valence-electron chi connectivity index (χ4n) is 4.20. The summed E-state index contributed by atoms with van der Waals surface area (Å²) in [5.41, 5.74) is 0.414. The Kier molecular flexibility index (Phi) is 6.07. The number of amides is 2. The van der Waals surface area contributed by atoms with E-state index in [9.17, 15) is 22.8 Å². The maximum atomic E-state index is 12.9. The summed E-state index contributed by atoms with van der Waals surface area (Å²) in [6.07, 6.45) is -4.48. The number of alkyl halides is 3. The number of rotatable bonds is 4. The van der Waals surface area contributed by atoms with Crippen LogP contribution >= 0.6 is 11.8 Å². The molecule has 0 radical (unpaired) electrons. The Labute approximate surface area is 198 Å². The highest BCUT2D eigenvalue weighted by molar-refractivity contribution is 8.01. The van der Waals surface area contributed by atoms with Crippen LogP contribution in [-0.4, -0.2) is 59.8 Å². The van der Waals surface area contributed by atoms with E-state index in [1.165, 1.54) is 6.07 Å². The van der Waals surface area contributed by atoms with Gasteiger partial charge >= 0.3 is 6.18 Å². The Balaban J connectivity index is 1.14. The molecule has 1 fully saturated rings. The van der Waals surface area contributed by atoms with Gasteiger partial charge in [-0.3, -0.25) is 14.5 Å². The zero-order chi connectivity index (χ0) is 23.9. The predicted octanol–water partition coefficient (Wildman–Crippen LogP) is 3.58. The number of nitrogens with zero attached hydrogens (tertiary/aromatic N) is 2. The number of benzene rings is 2. The van der Waals surface area contributed by atoms with Crippen LogP contribution in [0.4, 0.5) is 18.9 Å². The van der Waals surface area contributed by atoms with E-state index in [2.05, 4.69) is 10.2 Å². The van der Waals surface area contributed by atoms with Gasteiger partial charge in [-0.1, -0.05) is 6.07 Å². The largest absolute Gasteiger partial charge is 0.454 e. The summed E-state index contributed by atoms with van der Waals surface area (Å²) in [5.74, 6) is 0.898. The van der Waals surface area contributed by atoms with Crippen LogP contribution in [0.2, 0.25) is 0 Å². The summed E-state index contributed by atoms with van der Waals surface area (Å²) < 4.78 is 49.5. The molecule has 5 rings (SSSR count). The molecule has 0 aliphatic carbocycles. The summed E-state index contributed by atoms with van der Waals surface area (Å²) in [7, 11) is 0. The molecule has 2 amide bonds. The minimum Gasteiger partial charge on any atom is -0.454 e. The van der Waals surface area contributed by atoms with Crippen LogP contribution in [0.25, 0.3) is 0 Å². The summed E-state index contributed by atoms with van der Waals surface area (Å²) in [5, 5.41) is 1.85. The summed E-state index contributed by atoms with van der Waals surface area (Å²) in [6.45, 7) is 3.47. The minimum absolute atomic E-state index is 0.000870. The zero-order valence-electron chi connectivity index (χ0n) is 18.1. The molecule has 34 heavy (non-hydrogen) atoms. The molecule has 3 aliphatic heterocycles. The number of halogens is 3. The predicted molar refractivity (Wildman–Crippen MR) is 119 cm³/mol. The second kappa shape index (κ2) is 9.03. The van der Waals surface area contributed by atoms with Gasteiger partial charge in [0.1, 0.15) is 0 Å². The van der Waals surface area contributed by atoms with Crippen LogP contribution in [0.3, 0.4) is 0 Å². The first kappa shape index (κ1) is 22.9. The number of hydrogen-bond donors (Lipinski definition) is 1. The lowest BCUT2D eigenvalue weighted by molar-refractivity contribution is -0.137. The van der Waals surface area contributed by atoms with Crippen LogP contribution in [0.15, 0.2) is 41.3 Å². The fraction of sp³-hybridized carbons (Fsp3) is 0.391. The molecule has 11 heteroatoms. The molecule has 0 spiro atoms. The molecule has 2 aromatic rings. The van der Waals surface area contributed by atoms with Crippen LogP contribution in [0, 0.1) is 0 Å². The lowest BCUT2D eigenvalue weighted by atomic mass is 10.1. The van der Waals surface area contributed by atoms with Crippen molar-refractivity contribution in [2.45, 2.75) is 29.3 Å². The highest BCUT2D eigenvalue weighted by Crippen LogP contribution is 2.40. The van der Waals surface area contributed by atoms with E-state index in [1.54, 1.807) is 4.90 Å². The first-order valence-electron chi connectivity index (χ1n) is 10.8. The third-order valence-corrected chi connectivity index (χ3v) is 7.33. The van der Waals surface area contributed by atoms with Crippen molar-refractivity contribution in [2.75, 3.05) is 38.3 Å². The Morgan fingerprint density at radius 1 is 1.06 bits per heavy atom. The molecule has 1 N–H and O–H groups in total. The summed E-state index contributed by atoms with van der Waals surface area (Å²) >= 11 is 1.13. The van der Waals surface area contributed by atoms with Gasteiger partial charge in [0.25, 0.3) is 0 Å². The van der Waals surface area contributed by atoms with E-state index in [4.69, 9.17) is 9.47 Å². The molecule has 7 nitrogen and oxygen atoms in total. The molecular formula is C23H22F3N3O4S. The second-order valence-corrected chi connectivity index (χ2v) is 9.60. The van der Waals surface area contributed by atoms with E-state index in [0.29, 0.717) is 31.1 Å². The van der Waals surface area contributed by atoms with E-state index < -0.39 is 22.9 Å². The fourth-order valence-corrected chi connectivity index (χ4v) is 5.28. The number of ether oxygens (including phenoxy) is 2.